The minimum atomic E-state index is -0.523. The Balaban J connectivity index is 1.66. The van der Waals surface area contributed by atoms with Gasteiger partial charge in [0.15, 0.2) is 11.9 Å². The first-order chi connectivity index (χ1) is 10.7. The molecule has 1 unspecified atom stereocenters. The number of ether oxygens (including phenoxy) is 1. The number of aryl methyl sites for hydroxylation is 3. The van der Waals surface area contributed by atoms with Gasteiger partial charge >= 0.3 is 5.97 Å². The van der Waals surface area contributed by atoms with Gasteiger partial charge in [0.2, 0.25) is 0 Å². The number of esters is 1. The van der Waals surface area contributed by atoms with Crippen molar-refractivity contribution in [2.45, 2.75) is 58.5 Å². The zero-order valence-corrected chi connectivity index (χ0v) is 13.7. The molecule has 0 saturated heterocycles. The van der Waals surface area contributed by atoms with Gasteiger partial charge in [0.05, 0.1) is 0 Å². The second kappa shape index (κ2) is 6.60. The van der Waals surface area contributed by atoms with Crippen molar-refractivity contribution < 1.29 is 14.1 Å². The maximum Gasteiger partial charge on any atom is 0.349 e. The van der Waals surface area contributed by atoms with Crippen molar-refractivity contribution in [1.82, 2.24) is 10.1 Å². The summed E-state index contributed by atoms with van der Waals surface area (Å²) in [5.74, 6) is 0.715. The average molecular weight is 320 g/mol. The third-order valence-corrected chi connectivity index (χ3v) is 5.00. The lowest BCUT2D eigenvalue weighted by Gasteiger charge is -2.08. The molecule has 0 N–H and O–H groups in total. The van der Waals surface area contributed by atoms with E-state index in [1.165, 1.54) is 23.3 Å². The van der Waals surface area contributed by atoms with Gasteiger partial charge in [-0.2, -0.15) is 4.98 Å². The number of hydrogen-bond donors (Lipinski definition) is 0. The zero-order valence-electron chi connectivity index (χ0n) is 12.9. The first kappa shape index (κ1) is 15.2. The molecule has 1 atom stereocenters. The molecule has 6 heteroatoms. The summed E-state index contributed by atoms with van der Waals surface area (Å²) in [5, 5.41) is 3.89. The van der Waals surface area contributed by atoms with Crippen molar-refractivity contribution in [2.24, 2.45) is 0 Å². The van der Waals surface area contributed by atoms with E-state index in [0.29, 0.717) is 16.6 Å². The molecule has 0 spiro atoms. The van der Waals surface area contributed by atoms with E-state index in [1.54, 1.807) is 18.3 Å². The maximum absolute atomic E-state index is 12.3. The largest absolute Gasteiger partial charge is 0.448 e. The molecule has 3 rings (SSSR count). The number of carbonyl (C=O) groups excluding carboxylic acids is 1. The topological polar surface area (TPSA) is 65.2 Å². The van der Waals surface area contributed by atoms with Gasteiger partial charge in [0.25, 0.3) is 5.89 Å². The molecular formula is C16H20N2O3S. The molecule has 0 saturated carbocycles. The van der Waals surface area contributed by atoms with Gasteiger partial charge in [0.1, 0.15) is 4.88 Å². The van der Waals surface area contributed by atoms with E-state index >= 15 is 0 Å². The first-order valence-corrected chi connectivity index (χ1v) is 8.64. The van der Waals surface area contributed by atoms with Crippen molar-refractivity contribution in [3.63, 3.8) is 0 Å². The van der Waals surface area contributed by atoms with Crippen LogP contribution in [0.15, 0.2) is 10.6 Å². The van der Waals surface area contributed by atoms with Crippen molar-refractivity contribution in [2.75, 3.05) is 0 Å². The van der Waals surface area contributed by atoms with E-state index in [1.807, 2.05) is 6.07 Å². The summed E-state index contributed by atoms with van der Waals surface area (Å²) in [6, 6.07) is 1.98. The number of fused-ring (bicyclic) bond motifs is 1. The van der Waals surface area contributed by atoms with Crippen LogP contribution < -0.4 is 0 Å². The molecule has 118 valence electrons. The highest BCUT2D eigenvalue weighted by Crippen LogP contribution is 2.31. The van der Waals surface area contributed by atoms with E-state index in [9.17, 15) is 4.79 Å². The number of rotatable bonds is 5. The van der Waals surface area contributed by atoms with E-state index in [4.69, 9.17) is 9.26 Å². The SMILES string of the molecule is CCCc1noc(C(C)OC(=O)c2cc3c(s2)CCCC3)n1. The predicted molar refractivity (Wildman–Crippen MR) is 83.1 cm³/mol. The van der Waals surface area contributed by atoms with E-state index in [-0.39, 0.29) is 5.97 Å². The van der Waals surface area contributed by atoms with Gasteiger partial charge < -0.3 is 9.26 Å². The minimum absolute atomic E-state index is 0.304. The standard InChI is InChI=1S/C16H20N2O3S/c1-3-6-14-17-15(21-18-14)10(2)20-16(19)13-9-11-7-4-5-8-12(11)22-13/h9-10H,3-8H2,1-2H3. The van der Waals surface area contributed by atoms with Crippen molar-refractivity contribution >= 4 is 17.3 Å². The second-order valence-corrected chi connectivity index (χ2v) is 6.75. The molecule has 0 radical (unpaired) electrons. The molecule has 22 heavy (non-hydrogen) atoms. The minimum Gasteiger partial charge on any atom is -0.448 e. The van der Waals surface area contributed by atoms with Crippen molar-refractivity contribution in [3.05, 3.63) is 33.1 Å². The Morgan fingerprint density at radius 3 is 3.05 bits per heavy atom. The van der Waals surface area contributed by atoms with Crippen LogP contribution in [0.4, 0.5) is 0 Å². The summed E-state index contributed by atoms with van der Waals surface area (Å²) in [6.45, 7) is 3.81. The van der Waals surface area contributed by atoms with Crippen LogP contribution >= 0.6 is 11.3 Å². The summed E-state index contributed by atoms with van der Waals surface area (Å²) in [7, 11) is 0. The number of hydrogen-bond acceptors (Lipinski definition) is 6. The summed E-state index contributed by atoms with van der Waals surface area (Å²) in [6.07, 6.45) is 5.75. The normalized spacial score (nSPS) is 15.4. The molecule has 2 aromatic rings. The van der Waals surface area contributed by atoms with Crippen molar-refractivity contribution in [3.8, 4) is 0 Å². The molecule has 0 aromatic carbocycles. The van der Waals surface area contributed by atoms with Gasteiger partial charge in [-0.15, -0.1) is 11.3 Å². The highest BCUT2D eigenvalue weighted by Gasteiger charge is 2.22. The fourth-order valence-corrected chi connectivity index (χ4v) is 3.75. The Morgan fingerprint density at radius 2 is 2.27 bits per heavy atom. The van der Waals surface area contributed by atoms with Gasteiger partial charge in [0, 0.05) is 11.3 Å². The van der Waals surface area contributed by atoms with Crippen LogP contribution in [0.25, 0.3) is 0 Å². The summed E-state index contributed by atoms with van der Waals surface area (Å²) >= 11 is 1.55. The fourth-order valence-electron chi connectivity index (χ4n) is 2.62. The number of thiophene rings is 1. The Hall–Kier alpha value is -1.69. The molecule has 0 bridgehead atoms. The lowest BCUT2D eigenvalue weighted by atomic mass is 9.99. The molecule has 0 aliphatic heterocycles. The first-order valence-electron chi connectivity index (χ1n) is 7.82. The predicted octanol–water partition coefficient (Wildman–Crippen LogP) is 3.88. The highest BCUT2D eigenvalue weighted by atomic mass is 32.1. The van der Waals surface area contributed by atoms with E-state index < -0.39 is 6.10 Å². The van der Waals surface area contributed by atoms with Crippen LogP contribution in [0.1, 0.15) is 71.0 Å². The monoisotopic (exact) mass is 320 g/mol. The second-order valence-electron chi connectivity index (χ2n) is 5.61. The van der Waals surface area contributed by atoms with E-state index in [2.05, 4.69) is 17.1 Å². The Kier molecular flexibility index (Phi) is 4.57. The molecule has 0 amide bonds. The van der Waals surface area contributed by atoms with Crippen LogP contribution in [0.3, 0.4) is 0 Å². The number of carbonyl (C=O) groups is 1. The third kappa shape index (κ3) is 3.21. The summed E-state index contributed by atoms with van der Waals surface area (Å²) in [4.78, 5) is 18.5. The maximum atomic E-state index is 12.3. The van der Waals surface area contributed by atoms with Gasteiger partial charge in [-0.05, 0) is 50.7 Å². The number of aromatic nitrogens is 2. The molecular weight excluding hydrogens is 300 g/mol. The van der Waals surface area contributed by atoms with Crippen LogP contribution in [0, 0.1) is 0 Å². The average Bonchev–Trinajstić information content (AvgIpc) is 3.13. The summed E-state index contributed by atoms with van der Waals surface area (Å²) < 4.78 is 10.6. The Labute approximate surface area is 133 Å². The highest BCUT2D eigenvalue weighted by molar-refractivity contribution is 7.14. The summed E-state index contributed by atoms with van der Waals surface area (Å²) in [5.41, 5.74) is 1.30. The number of nitrogens with zero attached hydrogens (tertiary/aromatic N) is 2. The Bertz CT molecular complexity index is 639. The quantitative estimate of drug-likeness (QED) is 0.782. The molecule has 1 aliphatic carbocycles. The fraction of sp³-hybridized carbons (Fsp3) is 0.562. The lowest BCUT2D eigenvalue weighted by Crippen LogP contribution is -2.08. The van der Waals surface area contributed by atoms with Gasteiger partial charge in [-0.3, -0.25) is 0 Å². The van der Waals surface area contributed by atoms with Crippen LogP contribution in [0.5, 0.6) is 0 Å². The molecule has 1 aliphatic rings. The van der Waals surface area contributed by atoms with Gasteiger partial charge in [-0.1, -0.05) is 12.1 Å². The third-order valence-electron chi connectivity index (χ3n) is 3.79. The van der Waals surface area contributed by atoms with Crippen LogP contribution in [-0.2, 0) is 24.0 Å². The molecule has 2 heterocycles. The van der Waals surface area contributed by atoms with Crippen molar-refractivity contribution in [1.29, 1.82) is 0 Å². The molecule has 5 nitrogen and oxygen atoms in total. The van der Waals surface area contributed by atoms with Gasteiger partial charge in [-0.25, -0.2) is 4.79 Å². The smallest absolute Gasteiger partial charge is 0.349 e. The molecule has 2 aromatic heterocycles. The Morgan fingerprint density at radius 1 is 1.45 bits per heavy atom. The van der Waals surface area contributed by atoms with E-state index in [0.717, 1.165) is 25.7 Å². The van der Waals surface area contributed by atoms with Crippen LogP contribution in [0.2, 0.25) is 0 Å². The molecule has 0 fully saturated rings. The lowest BCUT2D eigenvalue weighted by molar-refractivity contribution is 0.0271. The zero-order chi connectivity index (χ0) is 15.5. The van der Waals surface area contributed by atoms with Crippen LogP contribution in [-0.4, -0.2) is 16.1 Å².